The van der Waals surface area contributed by atoms with Crippen molar-refractivity contribution in [3.05, 3.63) is 34.3 Å². The lowest BCUT2D eigenvalue weighted by Gasteiger charge is -2.23. The first-order chi connectivity index (χ1) is 8.80. The standard InChI is InChI=1S/C13H15BrFN3O/c1-13(2,3)10(16)11-17-12(19-18-11)7-5-4-6-8(15)9(7)14/h4-6,10H,16H2,1-3H3. The van der Waals surface area contributed by atoms with Crippen LogP contribution in [0.5, 0.6) is 0 Å². The zero-order chi connectivity index (χ0) is 14.2. The van der Waals surface area contributed by atoms with E-state index in [-0.39, 0.29) is 23.2 Å². The Labute approximate surface area is 119 Å². The molecule has 1 heterocycles. The van der Waals surface area contributed by atoms with E-state index in [4.69, 9.17) is 10.3 Å². The zero-order valence-electron chi connectivity index (χ0n) is 10.9. The second-order valence-electron chi connectivity index (χ2n) is 5.40. The molecule has 1 unspecified atom stereocenters. The third kappa shape index (κ3) is 2.84. The lowest BCUT2D eigenvalue weighted by molar-refractivity contribution is 0.303. The minimum absolute atomic E-state index is 0.180. The molecule has 2 aromatic rings. The number of nitrogens with two attached hydrogens (primary N) is 1. The van der Waals surface area contributed by atoms with E-state index in [1.54, 1.807) is 12.1 Å². The van der Waals surface area contributed by atoms with Crippen molar-refractivity contribution in [2.75, 3.05) is 0 Å². The molecule has 2 rings (SSSR count). The molecule has 19 heavy (non-hydrogen) atoms. The summed E-state index contributed by atoms with van der Waals surface area (Å²) in [5.41, 5.74) is 6.39. The van der Waals surface area contributed by atoms with E-state index in [9.17, 15) is 4.39 Å². The fourth-order valence-corrected chi connectivity index (χ4v) is 1.96. The maximum atomic E-state index is 13.5. The molecular weight excluding hydrogens is 313 g/mol. The van der Waals surface area contributed by atoms with Gasteiger partial charge < -0.3 is 10.3 Å². The molecule has 0 radical (unpaired) electrons. The third-order valence-corrected chi connectivity index (χ3v) is 3.64. The molecule has 0 aliphatic rings. The lowest BCUT2D eigenvalue weighted by atomic mass is 9.87. The second kappa shape index (κ2) is 5.02. The van der Waals surface area contributed by atoms with Crippen molar-refractivity contribution < 1.29 is 8.91 Å². The van der Waals surface area contributed by atoms with Gasteiger partial charge in [-0.25, -0.2) is 4.39 Å². The minimum atomic E-state index is -0.377. The molecule has 0 saturated carbocycles. The molecule has 4 nitrogen and oxygen atoms in total. The van der Waals surface area contributed by atoms with Gasteiger partial charge in [0.05, 0.1) is 16.1 Å². The largest absolute Gasteiger partial charge is 0.334 e. The molecule has 0 spiro atoms. The number of benzene rings is 1. The molecule has 2 N–H and O–H groups in total. The monoisotopic (exact) mass is 327 g/mol. The first-order valence-electron chi connectivity index (χ1n) is 5.84. The molecule has 6 heteroatoms. The predicted molar refractivity (Wildman–Crippen MR) is 73.8 cm³/mol. The van der Waals surface area contributed by atoms with Crippen LogP contribution in [0.4, 0.5) is 4.39 Å². The van der Waals surface area contributed by atoms with Crippen molar-refractivity contribution in [3.8, 4) is 11.5 Å². The molecule has 0 amide bonds. The lowest BCUT2D eigenvalue weighted by Crippen LogP contribution is -2.27. The van der Waals surface area contributed by atoms with E-state index in [0.717, 1.165) is 0 Å². The molecule has 1 aromatic carbocycles. The third-order valence-electron chi connectivity index (χ3n) is 2.83. The SMILES string of the molecule is CC(C)(C)C(N)c1noc(-c2cccc(F)c2Br)n1. The van der Waals surface area contributed by atoms with Gasteiger partial charge in [0.25, 0.3) is 5.89 Å². The maximum absolute atomic E-state index is 13.5. The Kier molecular flexibility index (Phi) is 3.73. The average molecular weight is 328 g/mol. The summed E-state index contributed by atoms with van der Waals surface area (Å²) in [5.74, 6) is 0.289. The zero-order valence-corrected chi connectivity index (χ0v) is 12.5. The van der Waals surface area contributed by atoms with Gasteiger partial charge >= 0.3 is 0 Å². The van der Waals surface area contributed by atoms with Crippen molar-refractivity contribution in [3.63, 3.8) is 0 Å². The Morgan fingerprint density at radius 3 is 2.68 bits per heavy atom. The number of hydrogen-bond donors (Lipinski definition) is 1. The smallest absolute Gasteiger partial charge is 0.259 e. The van der Waals surface area contributed by atoms with Crippen LogP contribution in [0.1, 0.15) is 32.6 Å². The van der Waals surface area contributed by atoms with Crippen molar-refractivity contribution in [1.29, 1.82) is 0 Å². The highest BCUT2D eigenvalue weighted by molar-refractivity contribution is 9.10. The molecule has 0 saturated heterocycles. The summed E-state index contributed by atoms with van der Waals surface area (Å²) in [6.45, 7) is 5.98. The van der Waals surface area contributed by atoms with E-state index >= 15 is 0 Å². The van der Waals surface area contributed by atoms with Gasteiger partial charge in [0.1, 0.15) is 5.82 Å². The average Bonchev–Trinajstić information content (AvgIpc) is 2.79. The maximum Gasteiger partial charge on any atom is 0.259 e. The molecule has 0 aliphatic heterocycles. The van der Waals surface area contributed by atoms with Gasteiger partial charge in [-0.1, -0.05) is 32.0 Å². The van der Waals surface area contributed by atoms with E-state index in [0.29, 0.717) is 15.9 Å². The highest BCUT2D eigenvalue weighted by Crippen LogP contribution is 2.32. The van der Waals surface area contributed by atoms with Crippen LogP contribution in [0, 0.1) is 11.2 Å². The van der Waals surface area contributed by atoms with Crippen LogP contribution in [0.3, 0.4) is 0 Å². The molecule has 102 valence electrons. The Morgan fingerprint density at radius 1 is 1.37 bits per heavy atom. The van der Waals surface area contributed by atoms with Crippen LogP contribution in [0.25, 0.3) is 11.5 Å². The fraction of sp³-hybridized carbons (Fsp3) is 0.385. The molecule has 1 atom stereocenters. The number of hydrogen-bond acceptors (Lipinski definition) is 4. The number of halogens is 2. The van der Waals surface area contributed by atoms with E-state index in [1.165, 1.54) is 6.07 Å². The van der Waals surface area contributed by atoms with Crippen molar-refractivity contribution in [2.45, 2.75) is 26.8 Å². The van der Waals surface area contributed by atoms with Gasteiger partial charge in [0, 0.05) is 0 Å². The first kappa shape index (κ1) is 14.1. The summed E-state index contributed by atoms with van der Waals surface area (Å²) in [7, 11) is 0. The van der Waals surface area contributed by atoms with Gasteiger partial charge in [-0.15, -0.1) is 0 Å². The predicted octanol–water partition coefficient (Wildman–Crippen LogP) is 3.68. The first-order valence-corrected chi connectivity index (χ1v) is 6.63. The Morgan fingerprint density at radius 2 is 2.05 bits per heavy atom. The van der Waals surface area contributed by atoms with Crippen molar-refractivity contribution in [1.82, 2.24) is 10.1 Å². The second-order valence-corrected chi connectivity index (χ2v) is 6.20. The minimum Gasteiger partial charge on any atom is -0.334 e. The van der Waals surface area contributed by atoms with Crippen LogP contribution in [-0.4, -0.2) is 10.1 Å². The number of nitrogens with zero attached hydrogens (tertiary/aromatic N) is 2. The fourth-order valence-electron chi connectivity index (χ4n) is 1.53. The summed E-state index contributed by atoms with van der Waals surface area (Å²) in [6.07, 6.45) is 0. The molecule has 0 fully saturated rings. The van der Waals surface area contributed by atoms with Gasteiger partial charge in [-0.05, 0) is 33.5 Å². The topological polar surface area (TPSA) is 64.9 Å². The Bertz CT molecular complexity index is 592. The van der Waals surface area contributed by atoms with Crippen LogP contribution in [0.2, 0.25) is 0 Å². The molecular formula is C13H15BrFN3O. The van der Waals surface area contributed by atoms with Gasteiger partial charge in [-0.3, -0.25) is 0 Å². The highest BCUT2D eigenvalue weighted by Gasteiger charge is 2.27. The number of rotatable bonds is 2. The Hall–Kier alpha value is -1.27. The van der Waals surface area contributed by atoms with Crippen LogP contribution >= 0.6 is 15.9 Å². The quantitative estimate of drug-likeness (QED) is 0.913. The summed E-state index contributed by atoms with van der Waals surface area (Å²) >= 11 is 3.17. The molecule has 0 aliphatic carbocycles. The number of aromatic nitrogens is 2. The normalized spacial score (nSPS) is 13.6. The van der Waals surface area contributed by atoms with E-state index in [1.807, 2.05) is 20.8 Å². The van der Waals surface area contributed by atoms with Gasteiger partial charge in [-0.2, -0.15) is 4.98 Å². The molecule has 1 aromatic heterocycles. The molecule has 0 bridgehead atoms. The summed E-state index contributed by atoms with van der Waals surface area (Å²) in [4.78, 5) is 4.25. The van der Waals surface area contributed by atoms with Crippen molar-refractivity contribution in [2.24, 2.45) is 11.1 Å². The summed E-state index contributed by atoms with van der Waals surface area (Å²) in [6, 6.07) is 4.29. The summed E-state index contributed by atoms with van der Waals surface area (Å²) in [5, 5.41) is 3.88. The van der Waals surface area contributed by atoms with E-state index < -0.39 is 0 Å². The van der Waals surface area contributed by atoms with Gasteiger partial charge in [0.15, 0.2) is 5.82 Å². The highest BCUT2D eigenvalue weighted by atomic mass is 79.9. The Balaban J connectivity index is 2.39. The van der Waals surface area contributed by atoms with Crippen LogP contribution in [-0.2, 0) is 0 Å². The van der Waals surface area contributed by atoms with Crippen LogP contribution < -0.4 is 5.73 Å². The van der Waals surface area contributed by atoms with Crippen molar-refractivity contribution >= 4 is 15.9 Å². The summed E-state index contributed by atoms with van der Waals surface area (Å²) < 4.78 is 18.9. The van der Waals surface area contributed by atoms with Gasteiger partial charge in [0.2, 0.25) is 0 Å². The van der Waals surface area contributed by atoms with E-state index in [2.05, 4.69) is 26.1 Å². The van der Waals surface area contributed by atoms with Crippen LogP contribution in [0.15, 0.2) is 27.2 Å².